The number of benzene rings is 1. The van der Waals surface area contributed by atoms with Crippen molar-refractivity contribution in [2.45, 2.75) is 25.6 Å². The predicted octanol–water partition coefficient (Wildman–Crippen LogP) is 3.71. The molecule has 13 heteroatoms. The first kappa shape index (κ1) is 28.3. The molecule has 2 aromatic rings. The van der Waals surface area contributed by atoms with Gasteiger partial charge in [-0.25, -0.2) is 23.4 Å². The second kappa shape index (κ2) is 12.9. The molecule has 0 amide bonds. The summed E-state index contributed by atoms with van der Waals surface area (Å²) in [5.41, 5.74) is 1.27. The van der Waals surface area contributed by atoms with Gasteiger partial charge >= 0.3 is 11.9 Å². The number of nitrogens with one attached hydrogen (secondary N) is 1. The van der Waals surface area contributed by atoms with E-state index in [4.69, 9.17) is 19.6 Å². The number of ether oxygens (including phenoxy) is 2. The van der Waals surface area contributed by atoms with Gasteiger partial charge in [0.2, 0.25) is 0 Å². The number of hydrogen-bond acceptors (Lipinski definition) is 9. The summed E-state index contributed by atoms with van der Waals surface area (Å²) >= 11 is 4.76. The fraction of sp³-hybridized carbons (Fsp3) is 0.440. The van der Waals surface area contributed by atoms with Gasteiger partial charge in [-0.1, -0.05) is 22.0 Å². The zero-order valence-electron chi connectivity index (χ0n) is 20.5. The number of likely N-dealkylation sites (tertiary alicyclic amines) is 1. The van der Waals surface area contributed by atoms with E-state index in [0.29, 0.717) is 33.1 Å². The molecule has 204 valence electrons. The van der Waals surface area contributed by atoms with Gasteiger partial charge in [-0.2, -0.15) is 0 Å². The van der Waals surface area contributed by atoms with E-state index < -0.39 is 36.6 Å². The van der Waals surface area contributed by atoms with Gasteiger partial charge in [0.1, 0.15) is 24.6 Å². The molecule has 4 rings (SSSR count). The highest BCUT2D eigenvalue weighted by molar-refractivity contribution is 9.10. The van der Waals surface area contributed by atoms with Crippen LogP contribution in [0.15, 0.2) is 50.5 Å². The molecular formula is C25H27BrF2N4O5S. The maximum atomic E-state index is 14.7. The molecule has 1 aromatic carbocycles. The Morgan fingerprint density at radius 2 is 2.16 bits per heavy atom. The number of aliphatic carboxylic acids is 1. The number of carboxylic acids is 1. The summed E-state index contributed by atoms with van der Waals surface area (Å²) in [4.78, 5) is 35.0. The smallest absolute Gasteiger partial charge is 0.338 e. The minimum atomic E-state index is -1.15. The molecule has 9 nitrogen and oxygen atoms in total. The average molecular weight is 613 g/mol. The van der Waals surface area contributed by atoms with Gasteiger partial charge in [-0.3, -0.25) is 9.89 Å². The lowest BCUT2D eigenvalue weighted by Crippen LogP contribution is -2.47. The van der Waals surface area contributed by atoms with E-state index in [9.17, 15) is 18.4 Å². The third-order valence-corrected chi connectivity index (χ3v) is 7.50. The second-order valence-electron chi connectivity index (χ2n) is 8.92. The Morgan fingerprint density at radius 3 is 2.84 bits per heavy atom. The Morgan fingerprint density at radius 1 is 1.34 bits per heavy atom. The molecule has 0 spiro atoms. The first-order chi connectivity index (χ1) is 18.2. The molecule has 0 saturated carbocycles. The molecule has 2 aliphatic rings. The normalized spacial score (nSPS) is 22.1. The maximum absolute atomic E-state index is 14.7. The number of esters is 1. The number of alkyl halides is 1. The standard InChI is InChI=1S/C25H27BrF2N4O5S/c1-2-37-25(35)21-19(11-32-9-14(7-16(28)10-32)12-36-13-20(33)34)30-23(24-29-5-6-38-24)31-22(21)17-4-3-15(27)8-18(17)26/h3-6,8,14,16,22H,2,7,9-13H2,1H3,(H,30,31)(H,33,34). The lowest BCUT2D eigenvalue weighted by molar-refractivity contribution is -0.143. The number of amidine groups is 1. The van der Waals surface area contributed by atoms with Gasteiger partial charge < -0.3 is 19.9 Å². The van der Waals surface area contributed by atoms with Crippen molar-refractivity contribution in [3.8, 4) is 0 Å². The Hall–Kier alpha value is -2.74. The molecule has 0 radical (unpaired) electrons. The van der Waals surface area contributed by atoms with E-state index in [-0.39, 0.29) is 44.2 Å². The number of hydrogen-bond donors (Lipinski definition) is 2. The van der Waals surface area contributed by atoms with E-state index in [2.05, 4.69) is 26.2 Å². The summed E-state index contributed by atoms with van der Waals surface area (Å²) < 4.78 is 39.7. The van der Waals surface area contributed by atoms with Crippen molar-refractivity contribution in [1.82, 2.24) is 15.2 Å². The van der Waals surface area contributed by atoms with Gasteiger partial charge in [-0.15, -0.1) is 11.3 Å². The highest BCUT2D eigenvalue weighted by Gasteiger charge is 2.36. The van der Waals surface area contributed by atoms with Crippen LogP contribution < -0.4 is 5.32 Å². The van der Waals surface area contributed by atoms with Crippen LogP contribution in [0.1, 0.15) is 30.0 Å². The fourth-order valence-electron chi connectivity index (χ4n) is 4.58. The zero-order valence-corrected chi connectivity index (χ0v) is 22.9. The van der Waals surface area contributed by atoms with Crippen molar-refractivity contribution in [3.63, 3.8) is 0 Å². The monoisotopic (exact) mass is 612 g/mol. The fourth-order valence-corrected chi connectivity index (χ4v) is 5.74. The van der Waals surface area contributed by atoms with Crippen molar-refractivity contribution in [2.24, 2.45) is 10.9 Å². The number of carbonyl (C=O) groups excluding carboxylic acids is 1. The number of carbonyl (C=O) groups is 2. The highest BCUT2D eigenvalue weighted by atomic mass is 79.9. The van der Waals surface area contributed by atoms with Crippen LogP contribution in [-0.2, 0) is 19.1 Å². The third kappa shape index (κ3) is 7.01. The number of aliphatic imine (C=N–C) groups is 1. The number of rotatable bonds is 10. The molecule has 38 heavy (non-hydrogen) atoms. The summed E-state index contributed by atoms with van der Waals surface area (Å²) in [6.07, 6.45) is 0.744. The van der Waals surface area contributed by atoms with Crippen molar-refractivity contribution in [2.75, 3.05) is 39.5 Å². The summed E-state index contributed by atoms with van der Waals surface area (Å²) in [6.45, 7) is 2.23. The first-order valence-electron chi connectivity index (χ1n) is 12.0. The van der Waals surface area contributed by atoms with E-state index >= 15 is 0 Å². The van der Waals surface area contributed by atoms with E-state index in [1.807, 2.05) is 4.90 Å². The zero-order chi connectivity index (χ0) is 27.2. The quantitative estimate of drug-likeness (QED) is 0.390. The van der Waals surface area contributed by atoms with Crippen molar-refractivity contribution in [3.05, 3.63) is 61.9 Å². The number of halogens is 3. The maximum Gasteiger partial charge on any atom is 0.338 e. The topological polar surface area (TPSA) is 113 Å². The molecular weight excluding hydrogens is 586 g/mol. The Bertz CT molecular complexity index is 1230. The number of piperidine rings is 1. The Kier molecular flexibility index (Phi) is 9.58. The SMILES string of the molecule is CCOC(=O)C1=C(CN2CC(F)CC(COCC(=O)O)C2)NC(c2nccs2)=NC1c1ccc(F)cc1Br. The highest BCUT2D eigenvalue weighted by Crippen LogP contribution is 2.37. The Labute approximate surface area is 230 Å². The third-order valence-electron chi connectivity index (χ3n) is 6.04. The van der Waals surface area contributed by atoms with Crippen LogP contribution >= 0.6 is 27.3 Å². The lowest BCUT2D eigenvalue weighted by atomic mass is 9.94. The van der Waals surface area contributed by atoms with Crippen LogP contribution in [0, 0.1) is 11.7 Å². The molecule has 1 saturated heterocycles. The van der Waals surface area contributed by atoms with Gasteiger partial charge in [-0.05, 0) is 37.0 Å². The largest absolute Gasteiger partial charge is 0.480 e. The summed E-state index contributed by atoms with van der Waals surface area (Å²) in [5.74, 6) is -1.91. The predicted molar refractivity (Wildman–Crippen MR) is 140 cm³/mol. The first-order valence-corrected chi connectivity index (χ1v) is 13.7. The Balaban J connectivity index is 1.70. The lowest BCUT2D eigenvalue weighted by Gasteiger charge is -2.36. The van der Waals surface area contributed by atoms with Crippen molar-refractivity contribution >= 4 is 45.0 Å². The molecule has 2 aliphatic heterocycles. The van der Waals surface area contributed by atoms with E-state index in [1.54, 1.807) is 24.6 Å². The minimum absolute atomic E-state index is 0.109. The van der Waals surface area contributed by atoms with Gasteiger partial charge in [0.05, 0.1) is 18.8 Å². The molecule has 1 fully saturated rings. The van der Waals surface area contributed by atoms with Crippen LogP contribution in [0.5, 0.6) is 0 Å². The number of carboxylic acid groups (broad SMARTS) is 1. The van der Waals surface area contributed by atoms with Crippen LogP contribution in [0.2, 0.25) is 0 Å². The van der Waals surface area contributed by atoms with Gasteiger partial charge in [0, 0.05) is 41.4 Å². The average Bonchev–Trinajstić information content (AvgIpc) is 3.38. The second-order valence-corrected chi connectivity index (χ2v) is 10.7. The van der Waals surface area contributed by atoms with Crippen molar-refractivity contribution in [1.29, 1.82) is 0 Å². The molecule has 3 heterocycles. The molecule has 0 aliphatic carbocycles. The van der Waals surface area contributed by atoms with Gasteiger partial charge in [0.25, 0.3) is 0 Å². The summed E-state index contributed by atoms with van der Waals surface area (Å²) in [7, 11) is 0. The van der Waals surface area contributed by atoms with Crippen molar-refractivity contribution < 1.29 is 33.0 Å². The molecule has 1 aromatic heterocycles. The summed E-state index contributed by atoms with van der Waals surface area (Å²) in [5, 5.41) is 14.5. The number of nitrogens with zero attached hydrogens (tertiary/aromatic N) is 3. The minimum Gasteiger partial charge on any atom is -0.480 e. The number of thiazole rings is 1. The number of aromatic nitrogens is 1. The van der Waals surface area contributed by atoms with Crippen LogP contribution in [0.4, 0.5) is 8.78 Å². The van der Waals surface area contributed by atoms with Crippen LogP contribution in [-0.4, -0.2) is 78.4 Å². The molecule has 2 N–H and O–H groups in total. The van der Waals surface area contributed by atoms with Crippen LogP contribution in [0.3, 0.4) is 0 Å². The summed E-state index contributed by atoms with van der Waals surface area (Å²) in [6, 6.07) is 3.32. The van der Waals surface area contributed by atoms with Gasteiger partial charge in [0.15, 0.2) is 10.8 Å². The molecule has 3 unspecified atom stereocenters. The van der Waals surface area contributed by atoms with E-state index in [0.717, 1.165) is 0 Å². The van der Waals surface area contributed by atoms with Crippen LogP contribution in [0.25, 0.3) is 0 Å². The molecule has 3 atom stereocenters. The molecule has 0 bridgehead atoms. The van der Waals surface area contributed by atoms with E-state index in [1.165, 1.54) is 23.5 Å².